The van der Waals surface area contributed by atoms with E-state index in [9.17, 15) is 0 Å². The second-order valence-corrected chi connectivity index (χ2v) is 5.10. The maximum absolute atomic E-state index is 3.68. The Bertz CT molecular complexity index is 496. The molecule has 0 saturated carbocycles. The predicted molar refractivity (Wildman–Crippen MR) is 82.5 cm³/mol. The molecule has 0 radical (unpaired) electrons. The van der Waals surface area contributed by atoms with Crippen molar-refractivity contribution < 1.29 is 0 Å². The van der Waals surface area contributed by atoms with E-state index in [1.165, 1.54) is 22.3 Å². The molecule has 2 rings (SSSR count). The van der Waals surface area contributed by atoms with Crippen LogP contribution < -0.4 is 5.32 Å². The monoisotopic (exact) mass is 253 g/mol. The second-order valence-electron chi connectivity index (χ2n) is 5.10. The summed E-state index contributed by atoms with van der Waals surface area (Å²) in [5.74, 6) is 0. The topological polar surface area (TPSA) is 12.0 Å². The molecule has 0 aliphatic rings. The van der Waals surface area contributed by atoms with Crippen LogP contribution in [0.4, 0.5) is 0 Å². The average molecular weight is 253 g/mol. The first-order valence-electron chi connectivity index (χ1n) is 7.08. The SMILES string of the molecule is CCCNC(c1ccccc1)c1c(C)cccc1C. The summed E-state index contributed by atoms with van der Waals surface area (Å²) < 4.78 is 0. The molecule has 100 valence electrons. The van der Waals surface area contributed by atoms with Crippen LogP contribution in [-0.2, 0) is 0 Å². The van der Waals surface area contributed by atoms with E-state index in [4.69, 9.17) is 0 Å². The molecule has 1 atom stereocenters. The molecular formula is C18H23N. The number of benzene rings is 2. The van der Waals surface area contributed by atoms with Crippen LogP contribution in [0.25, 0.3) is 0 Å². The largest absolute Gasteiger partial charge is 0.306 e. The highest BCUT2D eigenvalue weighted by Gasteiger charge is 2.16. The van der Waals surface area contributed by atoms with E-state index >= 15 is 0 Å². The van der Waals surface area contributed by atoms with Crippen molar-refractivity contribution in [3.8, 4) is 0 Å². The standard InChI is InChI=1S/C18H23N/c1-4-13-19-18(16-11-6-5-7-12-16)17-14(2)9-8-10-15(17)3/h5-12,18-19H,4,13H2,1-3H3. The van der Waals surface area contributed by atoms with Crippen molar-refractivity contribution in [1.82, 2.24) is 5.32 Å². The van der Waals surface area contributed by atoms with Crippen molar-refractivity contribution >= 4 is 0 Å². The molecule has 0 saturated heterocycles. The third-order valence-electron chi connectivity index (χ3n) is 3.56. The molecule has 1 N–H and O–H groups in total. The minimum atomic E-state index is 0.294. The maximum atomic E-state index is 3.68. The summed E-state index contributed by atoms with van der Waals surface area (Å²) in [5, 5.41) is 3.68. The van der Waals surface area contributed by atoms with Gasteiger partial charge in [-0.1, -0.05) is 55.5 Å². The number of nitrogens with one attached hydrogen (secondary N) is 1. The van der Waals surface area contributed by atoms with E-state index in [1.54, 1.807) is 0 Å². The van der Waals surface area contributed by atoms with Gasteiger partial charge in [-0.05, 0) is 49.1 Å². The first-order chi connectivity index (χ1) is 9.24. The molecule has 2 aromatic carbocycles. The van der Waals surface area contributed by atoms with Crippen LogP contribution in [-0.4, -0.2) is 6.54 Å². The van der Waals surface area contributed by atoms with Gasteiger partial charge in [0.2, 0.25) is 0 Å². The first-order valence-corrected chi connectivity index (χ1v) is 7.08. The Kier molecular flexibility index (Phi) is 4.75. The molecule has 0 aliphatic heterocycles. The summed E-state index contributed by atoms with van der Waals surface area (Å²) in [6.07, 6.45) is 1.15. The predicted octanol–water partition coefficient (Wildman–Crippen LogP) is 4.39. The van der Waals surface area contributed by atoms with E-state index in [0.717, 1.165) is 13.0 Å². The molecule has 1 heteroatoms. The fraction of sp³-hybridized carbons (Fsp3) is 0.333. The third-order valence-corrected chi connectivity index (χ3v) is 3.56. The maximum Gasteiger partial charge on any atom is 0.0581 e. The second kappa shape index (κ2) is 6.53. The van der Waals surface area contributed by atoms with Crippen LogP contribution in [0.5, 0.6) is 0 Å². The molecular weight excluding hydrogens is 230 g/mol. The molecule has 19 heavy (non-hydrogen) atoms. The third kappa shape index (κ3) is 3.24. The smallest absolute Gasteiger partial charge is 0.0581 e. The number of aryl methyl sites for hydroxylation is 2. The number of rotatable bonds is 5. The Morgan fingerprint density at radius 1 is 0.895 bits per heavy atom. The average Bonchev–Trinajstić information content (AvgIpc) is 2.43. The normalized spacial score (nSPS) is 12.4. The van der Waals surface area contributed by atoms with Gasteiger partial charge in [0.25, 0.3) is 0 Å². The van der Waals surface area contributed by atoms with E-state index in [-0.39, 0.29) is 0 Å². The fourth-order valence-electron chi connectivity index (χ4n) is 2.60. The van der Waals surface area contributed by atoms with E-state index in [0.29, 0.717) is 6.04 Å². The van der Waals surface area contributed by atoms with Crippen molar-refractivity contribution in [2.45, 2.75) is 33.2 Å². The Labute approximate surface area is 116 Å². The van der Waals surface area contributed by atoms with Crippen molar-refractivity contribution in [1.29, 1.82) is 0 Å². The first kappa shape index (κ1) is 13.8. The van der Waals surface area contributed by atoms with Crippen LogP contribution in [0.1, 0.15) is 41.6 Å². The van der Waals surface area contributed by atoms with E-state index < -0.39 is 0 Å². The van der Waals surface area contributed by atoms with E-state index in [2.05, 4.69) is 74.6 Å². The van der Waals surface area contributed by atoms with Crippen LogP contribution >= 0.6 is 0 Å². The molecule has 2 aromatic rings. The lowest BCUT2D eigenvalue weighted by Gasteiger charge is -2.23. The summed E-state index contributed by atoms with van der Waals surface area (Å²) in [5.41, 5.74) is 5.48. The van der Waals surface area contributed by atoms with Gasteiger partial charge in [-0.15, -0.1) is 0 Å². The quantitative estimate of drug-likeness (QED) is 0.833. The zero-order valence-electron chi connectivity index (χ0n) is 12.1. The zero-order valence-corrected chi connectivity index (χ0v) is 12.1. The minimum absolute atomic E-state index is 0.294. The van der Waals surface area contributed by atoms with Crippen LogP contribution in [0.3, 0.4) is 0 Å². The molecule has 0 aromatic heterocycles. The van der Waals surface area contributed by atoms with Gasteiger partial charge in [0.15, 0.2) is 0 Å². The van der Waals surface area contributed by atoms with Gasteiger partial charge in [-0.25, -0.2) is 0 Å². The lowest BCUT2D eigenvalue weighted by molar-refractivity contribution is 0.594. The Hall–Kier alpha value is -1.60. The number of hydrogen-bond donors (Lipinski definition) is 1. The summed E-state index contributed by atoms with van der Waals surface area (Å²) in [7, 11) is 0. The molecule has 1 nitrogen and oxygen atoms in total. The molecule has 0 heterocycles. The Morgan fingerprint density at radius 2 is 1.53 bits per heavy atom. The molecule has 0 aliphatic carbocycles. The van der Waals surface area contributed by atoms with Crippen molar-refractivity contribution in [2.24, 2.45) is 0 Å². The van der Waals surface area contributed by atoms with E-state index in [1.807, 2.05) is 0 Å². The van der Waals surface area contributed by atoms with Gasteiger partial charge in [0, 0.05) is 0 Å². The van der Waals surface area contributed by atoms with Gasteiger partial charge >= 0.3 is 0 Å². The lowest BCUT2D eigenvalue weighted by Crippen LogP contribution is -2.24. The van der Waals surface area contributed by atoms with Gasteiger partial charge in [-0.2, -0.15) is 0 Å². The molecule has 0 bridgehead atoms. The Morgan fingerprint density at radius 3 is 2.11 bits per heavy atom. The highest BCUT2D eigenvalue weighted by Crippen LogP contribution is 2.27. The van der Waals surface area contributed by atoms with Gasteiger partial charge < -0.3 is 5.32 Å². The molecule has 1 unspecified atom stereocenters. The minimum Gasteiger partial charge on any atom is -0.306 e. The number of hydrogen-bond acceptors (Lipinski definition) is 1. The molecule has 0 fully saturated rings. The van der Waals surface area contributed by atoms with Crippen LogP contribution in [0.15, 0.2) is 48.5 Å². The fourth-order valence-corrected chi connectivity index (χ4v) is 2.60. The molecule has 0 spiro atoms. The summed E-state index contributed by atoms with van der Waals surface area (Å²) >= 11 is 0. The van der Waals surface area contributed by atoms with Crippen molar-refractivity contribution in [2.75, 3.05) is 6.54 Å². The van der Waals surface area contributed by atoms with Gasteiger partial charge in [0.05, 0.1) is 6.04 Å². The summed E-state index contributed by atoms with van der Waals surface area (Å²) in [6, 6.07) is 17.5. The zero-order chi connectivity index (χ0) is 13.7. The van der Waals surface area contributed by atoms with Crippen molar-refractivity contribution in [3.63, 3.8) is 0 Å². The Balaban J connectivity index is 2.43. The van der Waals surface area contributed by atoms with Gasteiger partial charge in [-0.3, -0.25) is 0 Å². The molecule has 0 amide bonds. The highest BCUT2D eigenvalue weighted by molar-refractivity contribution is 5.41. The van der Waals surface area contributed by atoms with Crippen LogP contribution in [0, 0.1) is 13.8 Å². The lowest BCUT2D eigenvalue weighted by atomic mass is 9.91. The highest BCUT2D eigenvalue weighted by atomic mass is 14.9. The van der Waals surface area contributed by atoms with Crippen LogP contribution in [0.2, 0.25) is 0 Å². The van der Waals surface area contributed by atoms with Gasteiger partial charge in [0.1, 0.15) is 0 Å². The summed E-state index contributed by atoms with van der Waals surface area (Å²) in [4.78, 5) is 0. The van der Waals surface area contributed by atoms with Crippen molar-refractivity contribution in [3.05, 3.63) is 70.8 Å². The summed E-state index contributed by atoms with van der Waals surface area (Å²) in [6.45, 7) is 7.64.